The van der Waals surface area contributed by atoms with Crippen LogP contribution in [0.4, 0.5) is 0 Å². The van der Waals surface area contributed by atoms with Gasteiger partial charge in [0, 0.05) is 23.2 Å². The molecular formula is C23H13N5O4. The molecule has 0 atom stereocenters. The third-order valence-electron chi connectivity index (χ3n) is 4.90. The van der Waals surface area contributed by atoms with Crippen LogP contribution in [0.15, 0.2) is 67.0 Å². The van der Waals surface area contributed by atoms with E-state index in [4.69, 9.17) is 0 Å². The Kier molecular flexibility index (Phi) is 4.48. The Bertz CT molecular complexity index is 1440. The van der Waals surface area contributed by atoms with Crippen molar-refractivity contribution in [3.05, 3.63) is 78.1 Å². The van der Waals surface area contributed by atoms with Crippen LogP contribution >= 0.6 is 0 Å². The molecule has 0 unspecified atom stereocenters. The second kappa shape index (κ2) is 7.47. The number of aromatic nitrogens is 5. The Morgan fingerprint density at radius 1 is 0.594 bits per heavy atom. The summed E-state index contributed by atoms with van der Waals surface area (Å²) in [6.45, 7) is 0. The second-order valence-corrected chi connectivity index (χ2v) is 6.88. The highest BCUT2D eigenvalue weighted by Crippen LogP contribution is 2.27. The van der Waals surface area contributed by atoms with Gasteiger partial charge in [-0.05, 0) is 48.5 Å². The maximum atomic E-state index is 11.8. The maximum Gasteiger partial charge on any atom is 0.336 e. The predicted molar refractivity (Wildman–Crippen MR) is 115 cm³/mol. The number of carboxylic acids is 2. The zero-order valence-electron chi connectivity index (χ0n) is 16.3. The molecule has 5 aromatic rings. The van der Waals surface area contributed by atoms with Crippen LogP contribution in [0.3, 0.4) is 0 Å². The van der Waals surface area contributed by atoms with Crippen molar-refractivity contribution in [3.8, 4) is 22.8 Å². The second-order valence-electron chi connectivity index (χ2n) is 6.88. The maximum absolute atomic E-state index is 11.8. The lowest BCUT2D eigenvalue weighted by Gasteiger charge is -2.09. The summed E-state index contributed by atoms with van der Waals surface area (Å²) in [4.78, 5) is 45.3. The van der Waals surface area contributed by atoms with Crippen molar-refractivity contribution in [1.29, 1.82) is 0 Å². The first-order valence-electron chi connectivity index (χ1n) is 9.47. The van der Waals surface area contributed by atoms with E-state index in [1.165, 1.54) is 24.5 Å². The molecule has 32 heavy (non-hydrogen) atoms. The zero-order valence-corrected chi connectivity index (χ0v) is 16.3. The number of carboxylic acid groups (broad SMARTS) is 2. The van der Waals surface area contributed by atoms with Gasteiger partial charge in [0.05, 0.1) is 33.9 Å². The summed E-state index contributed by atoms with van der Waals surface area (Å²) in [6, 6.07) is 14.5. The molecule has 2 N–H and O–H groups in total. The van der Waals surface area contributed by atoms with Crippen LogP contribution in [0, 0.1) is 0 Å². The zero-order chi connectivity index (χ0) is 22.2. The van der Waals surface area contributed by atoms with Crippen LogP contribution in [-0.2, 0) is 0 Å². The van der Waals surface area contributed by atoms with Gasteiger partial charge < -0.3 is 10.2 Å². The number of pyridine rings is 5. The minimum Gasteiger partial charge on any atom is -0.478 e. The fraction of sp³-hybridized carbons (Fsp3) is 0. The third-order valence-corrected chi connectivity index (χ3v) is 4.90. The van der Waals surface area contributed by atoms with Crippen molar-refractivity contribution < 1.29 is 19.8 Å². The summed E-state index contributed by atoms with van der Waals surface area (Å²) in [5.41, 5.74) is 2.15. The van der Waals surface area contributed by atoms with Gasteiger partial charge in [0.25, 0.3) is 0 Å². The predicted octanol–water partition coefficient (Wildman–Crippen LogP) is 3.70. The minimum atomic E-state index is -1.10. The van der Waals surface area contributed by atoms with E-state index in [0.29, 0.717) is 33.5 Å². The number of hydrogen-bond donors (Lipinski definition) is 2. The largest absolute Gasteiger partial charge is 0.478 e. The monoisotopic (exact) mass is 423 g/mol. The summed E-state index contributed by atoms with van der Waals surface area (Å²) < 4.78 is 0. The molecule has 0 fully saturated rings. The van der Waals surface area contributed by atoms with E-state index >= 15 is 0 Å². The van der Waals surface area contributed by atoms with E-state index in [2.05, 4.69) is 24.9 Å². The molecule has 5 heterocycles. The highest BCUT2D eigenvalue weighted by atomic mass is 16.4. The normalized spacial score (nSPS) is 11.0. The van der Waals surface area contributed by atoms with Crippen LogP contribution in [0.25, 0.3) is 44.8 Å². The van der Waals surface area contributed by atoms with Gasteiger partial charge in [-0.2, -0.15) is 0 Å². The van der Waals surface area contributed by atoms with Gasteiger partial charge in [0.15, 0.2) is 11.3 Å². The number of aromatic carboxylic acids is 2. The van der Waals surface area contributed by atoms with Crippen molar-refractivity contribution in [2.45, 2.75) is 0 Å². The molecule has 0 amide bonds. The van der Waals surface area contributed by atoms with Crippen molar-refractivity contribution in [3.63, 3.8) is 0 Å². The van der Waals surface area contributed by atoms with Crippen LogP contribution < -0.4 is 0 Å². The molecule has 154 valence electrons. The van der Waals surface area contributed by atoms with Crippen LogP contribution in [0.2, 0.25) is 0 Å². The smallest absolute Gasteiger partial charge is 0.336 e. The van der Waals surface area contributed by atoms with Gasteiger partial charge in [-0.1, -0.05) is 6.07 Å². The molecular weight excluding hydrogens is 410 g/mol. The van der Waals surface area contributed by atoms with Gasteiger partial charge in [-0.25, -0.2) is 34.5 Å². The highest BCUT2D eigenvalue weighted by Gasteiger charge is 2.17. The molecule has 9 nitrogen and oxygen atoms in total. The fourth-order valence-corrected chi connectivity index (χ4v) is 3.45. The standard InChI is InChI=1S/C23H13N5O4/c29-22(30)14-10-18(27-20-12(14)4-2-8-24-20)16-6-1-7-17(26-16)19-11-15(23(31)32)13-5-3-9-25-21(13)28-19/h1-11H,(H,29,30)(H,31,32). The Balaban J connectivity index is 1.68. The van der Waals surface area contributed by atoms with Crippen LogP contribution in [-0.4, -0.2) is 47.1 Å². The molecule has 0 saturated carbocycles. The molecule has 9 heteroatoms. The Morgan fingerprint density at radius 3 is 1.50 bits per heavy atom. The SMILES string of the molecule is O=C(O)c1cc(-c2cccc(-c3cc(C(=O)O)c4cccnc4n3)n2)nc2ncccc12. The lowest BCUT2D eigenvalue weighted by atomic mass is 10.1. The molecule has 5 rings (SSSR count). The highest BCUT2D eigenvalue weighted by molar-refractivity contribution is 6.03. The minimum absolute atomic E-state index is 0.0616. The molecule has 0 radical (unpaired) electrons. The topological polar surface area (TPSA) is 139 Å². The van der Waals surface area contributed by atoms with Crippen molar-refractivity contribution >= 4 is 34.0 Å². The Morgan fingerprint density at radius 2 is 1.06 bits per heavy atom. The average Bonchev–Trinajstić information content (AvgIpc) is 2.82. The Hall–Kier alpha value is -4.79. The first-order valence-corrected chi connectivity index (χ1v) is 9.47. The number of fused-ring (bicyclic) bond motifs is 2. The quantitative estimate of drug-likeness (QED) is 0.443. The van der Waals surface area contributed by atoms with E-state index in [0.717, 1.165) is 0 Å². The Labute approximate surface area is 180 Å². The van der Waals surface area contributed by atoms with Gasteiger partial charge in [-0.3, -0.25) is 0 Å². The number of hydrogen-bond acceptors (Lipinski definition) is 7. The number of nitrogens with zero attached hydrogens (tertiary/aromatic N) is 5. The summed E-state index contributed by atoms with van der Waals surface area (Å²) in [7, 11) is 0. The lowest BCUT2D eigenvalue weighted by Crippen LogP contribution is -2.03. The van der Waals surface area contributed by atoms with Crippen LogP contribution in [0.1, 0.15) is 20.7 Å². The van der Waals surface area contributed by atoms with Crippen molar-refractivity contribution in [1.82, 2.24) is 24.9 Å². The average molecular weight is 423 g/mol. The van der Waals surface area contributed by atoms with Gasteiger partial charge in [0.1, 0.15) is 0 Å². The summed E-state index contributed by atoms with van der Waals surface area (Å²) in [5, 5.41) is 20.1. The van der Waals surface area contributed by atoms with E-state index < -0.39 is 11.9 Å². The van der Waals surface area contributed by atoms with Gasteiger partial charge in [0.2, 0.25) is 0 Å². The molecule has 0 bridgehead atoms. The van der Waals surface area contributed by atoms with E-state index in [9.17, 15) is 19.8 Å². The molecule has 5 aromatic heterocycles. The summed E-state index contributed by atoms with van der Waals surface area (Å²) >= 11 is 0. The summed E-state index contributed by atoms with van der Waals surface area (Å²) in [5.74, 6) is -2.20. The first kappa shape index (κ1) is 19.2. The van der Waals surface area contributed by atoms with E-state index in [-0.39, 0.29) is 22.4 Å². The first-order chi connectivity index (χ1) is 15.5. The molecule has 0 aliphatic carbocycles. The van der Waals surface area contributed by atoms with Crippen molar-refractivity contribution in [2.75, 3.05) is 0 Å². The lowest BCUT2D eigenvalue weighted by molar-refractivity contribution is 0.0688. The van der Waals surface area contributed by atoms with Gasteiger partial charge >= 0.3 is 11.9 Å². The third kappa shape index (κ3) is 3.27. The van der Waals surface area contributed by atoms with Gasteiger partial charge in [-0.15, -0.1) is 0 Å². The molecule has 0 aliphatic heterocycles. The number of rotatable bonds is 4. The fourth-order valence-electron chi connectivity index (χ4n) is 3.45. The van der Waals surface area contributed by atoms with Crippen molar-refractivity contribution in [2.24, 2.45) is 0 Å². The molecule has 0 aliphatic rings. The molecule has 0 spiro atoms. The molecule has 0 aromatic carbocycles. The van der Waals surface area contributed by atoms with Crippen LogP contribution in [0.5, 0.6) is 0 Å². The number of carbonyl (C=O) groups is 2. The van der Waals surface area contributed by atoms with E-state index in [1.54, 1.807) is 42.5 Å². The van der Waals surface area contributed by atoms with E-state index in [1.807, 2.05) is 0 Å². The summed E-state index contributed by atoms with van der Waals surface area (Å²) in [6.07, 6.45) is 3.07. The molecule has 0 saturated heterocycles.